The molecule has 0 bridgehead atoms. The van der Waals surface area contributed by atoms with Crippen LogP contribution < -0.4 is 20.7 Å². The minimum absolute atomic E-state index is 0.188. The first-order valence-electron chi connectivity index (χ1n) is 9.20. The highest BCUT2D eigenvalue weighted by Crippen LogP contribution is 2.29. The Morgan fingerprint density at radius 3 is 2.31 bits per heavy atom. The number of nitrogens with one attached hydrogen (secondary N) is 4. The van der Waals surface area contributed by atoms with E-state index in [1.807, 2.05) is 44.3 Å². The number of pyridine rings is 1. The maximum atomic E-state index is 12.3. The number of benzene rings is 2. The Morgan fingerprint density at radius 2 is 1.59 bits per heavy atom. The van der Waals surface area contributed by atoms with Gasteiger partial charge in [-0.05, 0) is 50.3 Å². The van der Waals surface area contributed by atoms with E-state index in [9.17, 15) is 8.42 Å². The van der Waals surface area contributed by atoms with Crippen LogP contribution >= 0.6 is 0 Å². The van der Waals surface area contributed by atoms with Crippen molar-refractivity contribution in [2.45, 2.75) is 18.4 Å². The molecule has 0 unspecified atom stereocenters. The third kappa shape index (κ3) is 4.92. The summed E-state index contributed by atoms with van der Waals surface area (Å²) < 4.78 is 27.0. The summed E-state index contributed by atoms with van der Waals surface area (Å²) >= 11 is 0. The summed E-state index contributed by atoms with van der Waals surface area (Å²) in [7, 11) is -0.283. The molecule has 152 valence electrons. The summed E-state index contributed by atoms with van der Waals surface area (Å²) in [5.74, 6) is 0.663. The maximum Gasteiger partial charge on any atom is 0.242 e. The fourth-order valence-electron chi connectivity index (χ4n) is 2.91. The fraction of sp³-hybridized carbons (Fsp3) is 0.190. The summed E-state index contributed by atoms with van der Waals surface area (Å²) in [6.45, 7) is 2.65. The van der Waals surface area contributed by atoms with Crippen molar-refractivity contribution < 1.29 is 8.42 Å². The third-order valence-corrected chi connectivity index (χ3v) is 5.94. The van der Waals surface area contributed by atoms with Crippen LogP contribution in [0.1, 0.15) is 11.1 Å². The number of aromatic nitrogens is 1. The fourth-order valence-corrected chi connectivity index (χ4v) is 3.80. The molecule has 3 aromatic rings. The Morgan fingerprint density at radius 1 is 0.897 bits per heavy atom. The highest BCUT2D eigenvalue weighted by Gasteiger charge is 2.16. The standard InChI is InChI=1S/C21H25N5O2S/c1-15-13-24-21(26-17-9-5-4-8-16(17)14-22-2)12-19(15)25-18-10-6-7-11-20(18)29(27,28)23-3/h4-13,22-23H,14H2,1-3H3,(H2,24,25,26). The molecule has 29 heavy (non-hydrogen) atoms. The van der Waals surface area contributed by atoms with Gasteiger partial charge in [-0.3, -0.25) is 0 Å². The molecule has 2 aromatic carbocycles. The molecule has 8 heteroatoms. The Hall–Kier alpha value is -2.94. The lowest BCUT2D eigenvalue weighted by Crippen LogP contribution is -2.19. The van der Waals surface area contributed by atoms with Gasteiger partial charge in [-0.1, -0.05) is 30.3 Å². The van der Waals surface area contributed by atoms with Crippen LogP contribution in [0.15, 0.2) is 65.7 Å². The number of hydrogen-bond donors (Lipinski definition) is 4. The van der Waals surface area contributed by atoms with E-state index in [0.29, 0.717) is 11.5 Å². The van der Waals surface area contributed by atoms with E-state index in [1.165, 1.54) is 7.05 Å². The number of sulfonamides is 1. The van der Waals surface area contributed by atoms with Crippen LogP contribution in [-0.4, -0.2) is 27.5 Å². The highest BCUT2D eigenvalue weighted by atomic mass is 32.2. The SMILES string of the molecule is CNCc1ccccc1Nc1cc(Nc2ccccc2S(=O)(=O)NC)c(C)cn1. The van der Waals surface area contributed by atoms with Crippen molar-refractivity contribution in [2.75, 3.05) is 24.7 Å². The largest absolute Gasteiger partial charge is 0.354 e. The average Bonchev–Trinajstić information content (AvgIpc) is 2.72. The van der Waals surface area contributed by atoms with Gasteiger partial charge < -0.3 is 16.0 Å². The number of rotatable bonds is 8. The summed E-state index contributed by atoms with van der Waals surface area (Å²) in [6, 6.07) is 16.7. The molecule has 0 radical (unpaired) electrons. The van der Waals surface area contributed by atoms with Gasteiger partial charge >= 0.3 is 0 Å². The molecule has 4 N–H and O–H groups in total. The Bertz CT molecular complexity index is 1100. The zero-order valence-corrected chi connectivity index (χ0v) is 17.5. The Kier molecular flexibility index (Phi) is 6.48. The van der Waals surface area contributed by atoms with E-state index in [4.69, 9.17) is 0 Å². The van der Waals surface area contributed by atoms with E-state index in [-0.39, 0.29) is 4.90 Å². The minimum atomic E-state index is -3.58. The zero-order chi connectivity index (χ0) is 20.9. The van der Waals surface area contributed by atoms with Crippen LogP contribution in [0.4, 0.5) is 22.9 Å². The van der Waals surface area contributed by atoms with Gasteiger partial charge in [-0.25, -0.2) is 18.1 Å². The second kappa shape index (κ2) is 9.04. The second-order valence-electron chi connectivity index (χ2n) is 6.53. The molecule has 0 atom stereocenters. The van der Waals surface area contributed by atoms with Gasteiger partial charge in [-0.2, -0.15) is 0 Å². The predicted molar refractivity (Wildman–Crippen MR) is 117 cm³/mol. The molecule has 0 aliphatic rings. The quantitative estimate of drug-likeness (QED) is 0.453. The lowest BCUT2D eigenvalue weighted by molar-refractivity contribution is 0.588. The molecule has 0 aliphatic heterocycles. The van der Waals surface area contributed by atoms with E-state index in [0.717, 1.165) is 29.0 Å². The number of nitrogens with zero attached hydrogens (tertiary/aromatic N) is 1. The molecule has 1 aromatic heterocycles. The van der Waals surface area contributed by atoms with Gasteiger partial charge in [0.2, 0.25) is 10.0 Å². The van der Waals surface area contributed by atoms with Crippen molar-refractivity contribution in [3.8, 4) is 0 Å². The van der Waals surface area contributed by atoms with E-state index in [2.05, 4.69) is 25.7 Å². The smallest absolute Gasteiger partial charge is 0.242 e. The molecule has 0 aliphatic carbocycles. The van der Waals surface area contributed by atoms with Gasteiger partial charge in [0.15, 0.2) is 0 Å². The minimum Gasteiger partial charge on any atom is -0.354 e. The van der Waals surface area contributed by atoms with E-state index < -0.39 is 10.0 Å². The molecule has 1 heterocycles. The van der Waals surface area contributed by atoms with Gasteiger partial charge in [0.05, 0.1) is 5.69 Å². The van der Waals surface area contributed by atoms with Crippen LogP contribution in [0.5, 0.6) is 0 Å². The van der Waals surface area contributed by atoms with E-state index in [1.54, 1.807) is 30.5 Å². The van der Waals surface area contributed by atoms with Crippen molar-refractivity contribution in [3.05, 3.63) is 71.9 Å². The molecule has 7 nitrogen and oxygen atoms in total. The molecule has 3 rings (SSSR count). The summed E-state index contributed by atoms with van der Waals surface area (Å²) in [5.41, 5.74) is 4.25. The molecule has 0 saturated heterocycles. The van der Waals surface area contributed by atoms with Gasteiger partial charge in [0.1, 0.15) is 10.7 Å². The van der Waals surface area contributed by atoms with Gasteiger partial charge in [-0.15, -0.1) is 0 Å². The van der Waals surface area contributed by atoms with Gasteiger partial charge in [0, 0.05) is 30.2 Å². The van der Waals surface area contributed by atoms with Crippen molar-refractivity contribution in [2.24, 2.45) is 0 Å². The van der Waals surface area contributed by atoms with Crippen molar-refractivity contribution >= 4 is 32.9 Å². The first kappa shape index (κ1) is 20.8. The molecule has 0 saturated carbocycles. The molecular weight excluding hydrogens is 386 g/mol. The van der Waals surface area contributed by atoms with Crippen LogP contribution in [0, 0.1) is 6.92 Å². The second-order valence-corrected chi connectivity index (χ2v) is 8.38. The van der Waals surface area contributed by atoms with Crippen molar-refractivity contribution in [1.82, 2.24) is 15.0 Å². The van der Waals surface area contributed by atoms with Crippen LogP contribution in [0.2, 0.25) is 0 Å². The summed E-state index contributed by atoms with van der Waals surface area (Å²) in [6.07, 6.45) is 1.75. The first-order chi connectivity index (χ1) is 13.9. The highest BCUT2D eigenvalue weighted by molar-refractivity contribution is 7.89. The van der Waals surface area contributed by atoms with Crippen LogP contribution in [0.3, 0.4) is 0 Å². The van der Waals surface area contributed by atoms with Gasteiger partial charge in [0.25, 0.3) is 0 Å². The predicted octanol–water partition coefficient (Wildman–Crippen LogP) is 3.50. The Labute approximate surface area is 171 Å². The van der Waals surface area contributed by atoms with Crippen molar-refractivity contribution in [1.29, 1.82) is 0 Å². The van der Waals surface area contributed by atoms with Crippen LogP contribution in [-0.2, 0) is 16.6 Å². The monoisotopic (exact) mass is 411 g/mol. The number of hydrogen-bond acceptors (Lipinski definition) is 6. The number of para-hydroxylation sites is 2. The average molecular weight is 412 g/mol. The summed E-state index contributed by atoms with van der Waals surface area (Å²) in [5, 5.41) is 9.73. The topological polar surface area (TPSA) is 95.1 Å². The van der Waals surface area contributed by atoms with Crippen molar-refractivity contribution in [3.63, 3.8) is 0 Å². The zero-order valence-electron chi connectivity index (χ0n) is 16.7. The third-order valence-electron chi connectivity index (χ3n) is 4.47. The molecule has 0 fully saturated rings. The lowest BCUT2D eigenvalue weighted by atomic mass is 10.1. The molecular formula is C21H25N5O2S. The molecule has 0 amide bonds. The normalized spacial score (nSPS) is 11.3. The van der Waals surface area contributed by atoms with Crippen LogP contribution in [0.25, 0.3) is 0 Å². The first-order valence-corrected chi connectivity index (χ1v) is 10.7. The molecule has 0 spiro atoms. The number of aryl methyl sites for hydroxylation is 1. The lowest BCUT2D eigenvalue weighted by Gasteiger charge is -2.16. The van der Waals surface area contributed by atoms with E-state index >= 15 is 0 Å². The summed E-state index contributed by atoms with van der Waals surface area (Å²) in [4.78, 5) is 4.65. The Balaban J connectivity index is 1.92. The number of anilines is 4. The maximum absolute atomic E-state index is 12.3.